The second-order valence-electron chi connectivity index (χ2n) is 7.96. The number of anilines is 2. The molecule has 8 heteroatoms. The summed E-state index contributed by atoms with van der Waals surface area (Å²) in [6.45, 7) is 1.80. The van der Waals surface area contributed by atoms with Crippen LogP contribution in [0.25, 0.3) is 0 Å². The highest BCUT2D eigenvalue weighted by atomic mass is 32.2. The lowest BCUT2D eigenvalue weighted by atomic mass is 10.2. The number of para-hydroxylation sites is 1. The highest BCUT2D eigenvalue weighted by Crippen LogP contribution is 2.31. The maximum absolute atomic E-state index is 13.2. The number of fused-ring (bicyclic) bond motifs is 1. The molecule has 0 saturated carbocycles. The average molecular weight is 444 g/mol. The molecule has 0 aliphatic carbocycles. The zero-order valence-electron chi connectivity index (χ0n) is 17.8. The lowest BCUT2D eigenvalue weighted by molar-refractivity contribution is -0.116. The summed E-state index contributed by atoms with van der Waals surface area (Å²) in [6, 6.07) is 12.7. The molecule has 2 aliphatic heterocycles. The van der Waals surface area contributed by atoms with Gasteiger partial charge in [0.1, 0.15) is 5.75 Å². The predicted octanol–water partition coefficient (Wildman–Crippen LogP) is 3.26. The molecule has 0 bridgehead atoms. The van der Waals surface area contributed by atoms with Gasteiger partial charge in [-0.25, -0.2) is 8.42 Å². The van der Waals surface area contributed by atoms with E-state index in [4.69, 9.17) is 4.74 Å². The molecule has 0 radical (unpaired) electrons. The van der Waals surface area contributed by atoms with Crippen LogP contribution in [0.1, 0.15) is 31.2 Å². The molecule has 4 rings (SSSR count). The summed E-state index contributed by atoms with van der Waals surface area (Å²) in [4.78, 5) is 14.8. The van der Waals surface area contributed by atoms with Gasteiger partial charge in [-0.15, -0.1) is 0 Å². The molecule has 2 aromatic rings. The second kappa shape index (κ2) is 9.28. The van der Waals surface area contributed by atoms with Crippen LogP contribution in [0.2, 0.25) is 0 Å². The largest absolute Gasteiger partial charge is 0.495 e. The van der Waals surface area contributed by atoms with E-state index in [1.807, 2.05) is 24.3 Å². The van der Waals surface area contributed by atoms with Crippen LogP contribution in [0.3, 0.4) is 0 Å². The lowest BCUT2D eigenvalue weighted by Crippen LogP contribution is -2.34. The normalized spacial score (nSPS) is 17.1. The second-order valence-corrected chi connectivity index (χ2v) is 9.90. The number of rotatable bonds is 6. The Morgan fingerprint density at radius 3 is 2.52 bits per heavy atom. The first-order valence-corrected chi connectivity index (χ1v) is 12.2. The Balaban J connectivity index is 1.51. The lowest BCUT2D eigenvalue weighted by Gasteiger charge is -2.21. The highest BCUT2D eigenvalue weighted by molar-refractivity contribution is 7.89. The van der Waals surface area contributed by atoms with Gasteiger partial charge in [0.15, 0.2) is 0 Å². The van der Waals surface area contributed by atoms with E-state index in [-0.39, 0.29) is 17.3 Å². The summed E-state index contributed by atoms with van der Waals surface area (Å²) in [5, 5.41) is 3.10. The molecule has 1 N–H and O–H groups in total. The van der Waals surface area contributed by atoms with Crippen molar-refractivity contribution in [1.29, 1.82) is 0 Å². The van der Waals surface area contributed by atoms with Crippen molar-refractivity contribution in [3.8, 4) is 5.75 Å². The fourth-order valence-corrected chi connectivity index (χ4v) is 5.82. The Labute approximate surface area is 184 Å². The van der Waals surface area contributed by atoms with E-state index in [2.05, 4.69) is 5.32 Å². The Kier molecular flexibility index (Phi) is 6.48. The van der Waals surface area contributed by atoms with Crippen LogP contribution < -0.4 is 15.0 Å². The van der Waals surface area contributed by atoms with Gasteiger partial charge in [-0.3, -0.25) is 4.79 Å². The van der Waals surface area contributed by atoms with Gasteiger partial charge >= 0.3 is 0 Å². The van der Waals surface area contributed by atoms with Crippen molar-refractivity contribution < 1.29 is 17.9 Å². The summed E-state index contributed by atoms with van der Waals surface area (Å²) in [5.74, 6) is 0.442. The number of amides is 1. The van der Waals surface area contributed by atoms with E-state index >= 15 is 0 Å². The number of sulfonamides is 1. The number of methoxy groups -OCH3 is 1. The van der Waals surface area contributed by atoms with Crippen LogP contribution in [0, 0.1) is 0 Å². The Bertz CT molecular complexity index is 1050. The summed E-state index contributed by atoms with van der Waals surface area (Å²) in [5.41, 5.74) is 2.61. The fraction of sp³-hybridized carbons (Fsp3) is 0.435. The molecule has 2 aliphatic rings. The van der Waals surface area contributed by atoms with Gasteiger partial charge in [-0.1, -0.05) is 31.0 Å². The van der Waals surface area contributed by atoms with E-state index in [9.17, 15) is 13.2 Å². The molecule has 1 amide bonds. The molecule has 2 heterocycles. The van der Waals surface area contributed by atoms with E-state index in [1.165, 1.54) is 12.7 Å². The van der Waals surface area contributed by atoms with Gasteiger partial charge in [0, 0.05) is 25.3 Å². The maximum atomic E-state index is 13.2. The first-order valence-electron chi connectivity index (χ1n) is 10.8. The van der Waals surface area contributed by atoms with Crippen molar-refractivity contribution in [2.75, 3.05) is 43.5 Å². The first-order chi connectivity index (χ1) is 15.0. The maximum Gasteiger partial charge on any atom is 0.246 e. The van der Waals surface area contributed by atoms with Gasteiger partial charge in [0.2, 0.25) is 15.9 Å². The Morgan fingerprint density at radius 1 is 1.03 bits per heavy atom. The van der Waals surface area contributed by atoms with Crippen LogP contribution >= 0.6 is 0 Å². The standard InChI is InChI=1S/C23H29N3O4S/c1-30-22-11-10-19(31(28,29)25-13-6-2-3-7-14-25)16-20(22)24-17-23(27)26-15-12-18-8-4-5-9-21(18)26/h4-5,8-11,16,24H,2-3,6-7,12-15,17H2,1H3. The molecule has 7 nitrogen and oxygen atoms in total. The smallest absolute Gasteiger partial charge is 0.246 e. The third-order valence-electron chi connectivity index (χ3n) is 5.99. The van der Waals surface area contributed by atoms with Crippen LogP contribution in [-0.4, -0.2) is 51.9 Å². The van der Waals surface area contributed by atoms with Crippen molar-refractivity contribution >= 4 is 27.3 Å². The molecule has 0 spiro atoms. The Hall–Kier alpha value is -2.58. The molecule has 1 saturated heterocycles. The minimum Gasteiger partial charge on any atom is -0.495 e. The topological polar surface area (TPSA) is 79.0 Å². The van der Waals surface area contributed by atoms with Crippen molar-refractivity contribution in [2.24, 2.45) is 0 Å². The number of hydrogen-bond acceptors (Lipinski definition) is 5. The van der Waals surface area contributed by atoms with E-state index in [0.717, 1.165) is 37.8 Å². The van der Waals surface area contributed by atoms with Gasteiger partial charge in [-0.05, 0) is 49.1 Å². The summed E-state index contributed by atoms with van der Waals surface area (Å²) in [7, 11) is -2.05. The molecular weight excluding hydrogens is 414 g/mol. The van der Waals surface area contributed by atoms with Crippen LogP contribution in [-0.2, 0) is 21.2 Å². The number of benzene rings is 2. The number of nitrogens with zero attached hydrogens (tertiary/aromatic N) is 2. The van der Waals surface area contributed by atoms with Crippen LogP contribution in [0.5, 0.6) is 5.75 Å². The van der Waals surface area contributed by atoms with Crippen molar-refractivity contribution in [3.05, 3.63) is 48.0 Å². The van der Waals surface area contributed by atoms with Gasteiger partial charge < -0.3 is 15.0 Å². The average Bonchev–Trinajstić information content (AvgIpc) is 3.02. The SMILES string of the molecule is COc1ccc(S(=O)(=O)N2CCCCCC2)cc1NCC(=O)N1CCc2ccccc21. The molecule has 0 aromatic heterocycles. The summed E-state index contributed by atoms with van der Waals surface area (Å²) < 4.78 is 33.3. The molecule has 166 valence electrons. The predicted molar refractivity (Wildman–Crippen MR) is 121 cm³/mol. The van der Waals surface area contributed by atoms with Crippen molar-refractivity contribution in [1.82, 2.24) is 4.31 Å². The van der Waals surface area contributed by atoms with Crippen LogP contribution in [0.4, 0.5) is 11.4 Å². The minimum absolute atomic E-state index is 0.0535. The minimum atomic E-state index is -3.58. The van der Waals surface area contributed by atoms with E-state index in [1.54, 1.807) is 27.4 Å². The zero-order chi connectivity index (χ0) is 21.8. The van der Waals surface area contributed by atoms with E-state index in [0.29, 0.717) is 31.1 Å². The molecule has 31 heavy (non-hydrogen) atoms. The van der Waals surface area contributed by atoms with Gasteiger partial charge in [0.25, 0.3) is 0 Å². The number of nitrogens with one attached hydrogen (secondary N) is 1. The fourth-order valence-electron chi connectivity index (χ4n) is 4.28. The number of carbonyl (C=O) groups is 1. The third kappa shape index (κ3) is 4.55. The molecule has 1 fully saturated rings. The summed E-state index contributed by atoms with van der Waals surface area (Å²) in [6.07, 6.45) is 4.72. The van der Waals surface area contributed by atoms with Crippen LogP contribution in [0.15, 0.2) is 47.4 Å². The Morgan fingerprint density at radius 2 is 1.77 bits per heavy atom. The third-order valence-corrected chi connectivity index (χ3v) is 7.89. The molecule has 0 unspecified atom stereocenters. The first kappa shape index (κ1) is 21.6. The number of hydrogen-bond donors (Lipinski definition) is 1. The zero-order valence-corrected chi connectivity index (χ0v) is 18.7. The number of carbonyl (C=O) groups excluding carboxylic acids is 1. The highest BCUT2D eigenvalue weighted by Gasteiger charge is 2.27. The monoisotopic (exact) mass is 443 g/mol. The molecule has 2 aromatic carbocycles. The van der Waals surface area contributed by atoms with Crippen molar-refractivity contribution in [2.45, 2.75) is 37.0 Å². The number of ether oxygens (including phenoxy) is 1. The molecular formula is C23H29N3O4S. The van der Waals surface area contributed by atoms with Gasteiger partial charge in [0.05, 0.1) is 24.2 Å². The van der Waals surface area contributed by atoms with Crippen molar-refractivity contribution in [3.63, 3.8) is 0 Å². The quantitative estimate of drug-likeness (QED) is 0.741. The molecule has 0 atom stereocenters. The van der Waals surface area contributed by atoms with E-state index < -0.39 is 10.0 Å². The van der Waals surface area contributed by atoms with Gasteiger partial charge in [-0.2, -0.15) is 4.31 Å². The summed E-state index contributed by atoms with van der Waals surface area (Å²) >= 11 is 0.